The first-order valence-electron chi connectivity index (χ1n) is 5.48. The number of hydrogen-bond donors (Lipinski definition) is 2. The van der Waals surface area contributed by atoms with Gasteiger partial charge in [0.15, 0.2) is 0 Å². The zero-order chi connectivity index (χ0) is 11.5. The molecule has 0 spiro atoms. The third-order valence-corrected chi connectivity index (χ3v) is 2.33. The first kappa shape index (κ1) is 12.2. The quantitative estimate of drug-likeness (QED) is 0.797. The maximum Gasteiger partial charge on any atom is 0.0266 e. The van der Waals surface area contributed by atoms with Crippen LogP contribution in [0.1, 0.15) is 44.9 Å². The van der Waals surface area contributed by atoms with Gasteiger partial charge in [-0.3, -0.25) is 0 Å². The third-order valence-electron chi connectivity index (χ3n) is 2.33. The van der Waals surface area contributed by atoms with Crippen LogP contribution < -0.4 is 11.1 Å². The average Bonchev–Trinajstić information content (AvgIpc) is 2.14. The van der Waals surface area contributed by atoms with Crippen LogP contribution in [0.4, 0.5) is 0 Å². The van der Waals surface area contributed by atoms with Gasteiger partial charge in [0.1, 0.15) is 0 Å². The van der Waals surface area contributed by atoms with Gasteiger partial charge in [0, 0.05) is 18.1 Å². The summed E-state index contributed by atoms with van der Waals surface area (Å²) in [6.07, 6.45) is 0. The molecule has 0 saturated heterocycles. The monoisotopic (exact) mass is 206 g/mol. The van der Waals surface area contributed by atoms with Crippen LogP contribution in [0.5, 0.6) is 0 Å². The van der Waals surface area contributed by atoms with Crippen LogP contribution >= 0.6 is 0 Å². The number of benzene rings is 1. The first-order valence-corrected chi connectivity index (χ1v) is 5.48. The van der Waals surface area contributed by atoms with Crippen molar-refractivity contribution in [3.05, 3.63) is 35.4 Å². The second-order valence-electron chi connectivity index (χ2n) is 5.13. The Balaban J connectivity index is 2.57. The molecular weight excluding hydrogens is 184 g/mol. The smallest absolute Gasteiger partial charge is 0.0266 e. The van der Waals surface area contributed by atoms with E-state index in [1.807, 2.05) is 6.92 Å². The van der Waals surface area contributed by atoms with Crippen molar-refractivity contribution >= 4 is 0 Å². The Morgan fingerprint density at radius 3 is 2.13 bits per heavy atom. The summed E-state index contributed by atoms with van der Waals surface area (Å²) < 4.78 is 0. The minimum Gasteiger partial charge on any atom is -0.324 e. The van der Waals surface area contributed by atoms with E-state index in [0.717, 1.165) is 6.54 Å². The standard InChI is InChI=1S/C13H22N2/c1-10(14)12-7-5-11(6-8-12)9-15-13(2,3)4/h5-8,10,15H,9,14H2,1-4H3/t10-/m1/s1. The normalized spacial score (nSPS) is 13.9. The Hall–Kier alpha value is -0.860. The zero-order valence-corrected chi connectivity index (χ0v) is 10.2. The van der Waals surface area contributed by atoms with Crippen molar-refractivity contribution in [1.29, 1.82) is 0 Å². The van der Waals surface area contributed by atoms with E-state index in [2.05, 4.69) is 50.4 Å². The molecule has 0 saturated carbocycles. The molecule has 0 heterocycles. The van der Waals surface area contributed by atoms with Crippen LogP contribution in [0.25, 0.3) is 0 Å². The highest BCUT2D eigenvalue weighted by Gasteiger charge is 2.08. The Bertz CT molecular complexity index is 293. The lowest BCUT2D eigenvalue weighted by Gasteiger charge is -2.20. The van der Waals surface area contributed by atoms with E-state index in [1.165, 1.54) is 11.1 Å². The van der Waals surface area contributed by atoms with Gasteiger partial charge >= 0.3 is 0 Å². The van der Waals surface area contributed by atoms with Gasteiger partial charge < -0.3 is 11.1 Å². The van der Waals surface area contributed by atoms with E-state index >= 15 is 0 Å². The molecule has 3 N–H and O–H groups in total. The Kier molecular flexibility index (Phi) is 3.89. The molecule has 0 aromatic heterocycles. The molecule has 1 aromatic carbocycles. The van der Waals surface area contributed by atoms with E-state index in [0.29, 0.717) is 0 Å². The summed E-state index contributed by atoms with van der Waals surface area (Å²) in [5, 5.41) is 3.46. The molecule has 0 radical (unpaired) electrons. The van der Waals surface area contributed by atoms with Crippen LogP contribution in [-0.2, 0) is 6.54 Å². The van der Waals surface area contributed by atoms with Gasteiger partial charge in [-0.25, -0.2) is 0 Å². The highest BCUT2D eigenvalue weighted by Crippen LogP contribution is 2.11. The summed E-state index contributed by atoms with van der Waals surface area (Å²) in [6, 6.07) is 8.60. The second-order valence-corrected chi connectivity index (χ2v) is 5.13. The third kappa shape index (κ3) is 4.45. The van der Waals surface area contributed by atoms with Crippen LogP contribution in [0, 0.1) is 0 Å². The van der Waals surface area contributed by atoms with E-state index in [-0.39, 0.29) is 11.6 Å². The number of nitrogens with two attached hydrogens (primary N) is 1. The van der Waals surface area contributed by atoms with Crippen LogP contribution in [-0.4, -0.2) is 5.54 Å². The fourth-order valence-electron chi connectivity index (χ4n) is 1.31. The van der Waals surface area contributed by atoms with Gasteiger partial charge in [-0.05, 0) is 38.8 Å². The number of nitrogens with one attached hydrogen (secondary N) is 1. The van der Waals surface area contributed by atoms with Gasteiger partial charge in [0.05, 0.1) is 0 Å². The SMILES string of the molecule is C[C@@H](N)c1ccc(CNC(C)(C)C)cc1. The largest absolute Gasteiger partial charge is 0.324 e. The second kappa shape index (κ2) is 4.77. The van der Waals surface area contributed by atoms with Crippen LogP contribution in [0.2, 0.25) is 0 Å². The van der Waals surface area contributed by atoms with E-state index in [1.54, 1.807) is 0 Å². The molecule has 0 amide bonds. The molecule has 15 heavy (non-hydrogen) atoms. The molecule has 0 bridgehead atoms. The summed E-state index contributed by atoms with van der Waals surface area (Å²) in [5.41, 5.74) is 8.45. The highest BCUT2D eigenvalue weighted by atomic mass is 14.9. The molecule has 1 atom stereocenters. The van der Waals surface area contributed by atoms with Gasteiger partial charge in [-0.2, -0.15) is 0 Å². The van der Waals surface area contributed by atoms with E-state index in [4.69, 9.17) is 5.73 Å². The molecule has 2 heteroatoms. The average molecular weight is 206 g/mol. The van der Waals surface area contributed by atoms with Crippen LogP contribution in [0.3, 0.4) is 0 Å². The molecule has 1 aromatic rings. The lowest BCUT2D eigenvalue weighted by molar-refractivity contribution is 0.424. The fraction of sp³-hybridized carbons (Fsp3) is 0.538. The number of rotatable bonds is 3. The lowest BCUT2D eigenvalue weighted by atomic mass is 10.1. The van der Waals surface area contributed by atoms with Gasteiger partial charge in [0.2, 0.25) is 0 Å². The van der Waals surface area contributed by atoms with Crippen molar-refractivity contribution < 1.29 is 0 Å². The molecule has 2 nitrogen and oxygen atoms in total. The molecule has 0 aliphatic rings. The fourth-order valence-corrected chi connectivity index (χ4v) is 1.31. The molecule has 0 aliphatic heterocycles. The first-order chi connectivity index (χ1) is 6.88. The Labute approximate surface area is 92.9 Å². The topological polar surface area (TPSA) is 38.0 Å². The molecule has 0 aliphatic carbocycles. The van der Waals surface area contributed by atoms with Crippen molar-refractivity contribution in [2.75, 3.05) is 0 Å². The molecule has 1 rings (SSSR count). The summed E-state index contributed by atoms with van der Waals surface area (Å²) >= 11 is 0. The van der Waals surface area contributed by atoms with Crippen molar-refractivity contribution in [3.8, 4) is 0 Å². The highest BCUT2D eigenvalue weighted by molar-refractivity contribution is 5.24. The van der Waals surface area contributed by atoms with Crippen molar-refractivity contribution in [2.45, 2.75) is 45.8 Å². The van der Waals surface area contributed by atoms with Crippen LogP contribution in [0.15, 0.2) is 24.3 Å². The van der Waals surface area contributed by atoms with Gasteiger partial charge in [-0.15, -0.1) is 0 Å². The molecule has 0 unspecified atom stereocenters. The van der Waals surface area contributed by atoms with Crippen molar-refractivity contribution in [1.82, 2.24) is 5.32 Å². The van der Waals surface area contributed by atoms with Crippen molar-refractivity contribution in [2.24, 2.45) is 5.73 Å². The maximum absolute atomic E-state index is 5.79. The minimum atomic E-state index is 0.120. The Morgan fingerprint density at radius 1 is 1.20 bits per heavy atom. The summed E-state index contributed by atoms with van der Waals surface area (Å²) in [5.74, 6) is 0. The predicted molar refractivity (Wildman–Crippen MR) is 65.6 cm³/mol. The summed E-state index contributed by atoms with van der Waals surface area (Å²) in [4.78, 5) is 0. The lowest BCUT2D eigenvalue weighted by Crippen LogP contribution is -2.35. The van der Waals surface area contributed by atoms with E-state index < -0.39 is 0 Å². The predicted octanol–water partition coefficient (Wildman–Crippen LogP) is 2.59. The van der Waals surface area contributed by atoms with Gasteiger partial charge in [0.25, 0.3) is 0 Å². The molecule has 0 fully saturated rings. The molecule has 84 valence electrons. The Morgan fingerprint density at radius 2 is 1.73 bits per heavy atom. The van der Waals surface area contributed by atoms with E-state index in [9.17, 15) is 0 Å². The number of hydrogen-bond acceptors (Lipinski definition) is 2. The summed E-state index contributed by atoms with van der Waals surface area (Å²) in [6.45, 7) is 9.42. The minimum absolute atomic E-state index is 0.120. The summed E-state index contributed by atoms with van der Waals surface area (Å²) in [7, 11) is 0. The van der Waals surface area contributed by atoms with Crippen molar-refractivity contribution in [3.63, 3.8) is 0 Å². The molecular formula is C13H22N2. The van der Waals surface area contributed by atoms with Gasteiger partial charge in [-0.1, -0.05) is 24.3 Å². The maximum atomic E-state index is 5.79. The zero-order valence-electron chi connectivity index (χ0n) is 10.2.